The van der Waals surface area contributed by atoms with E-state index >= 15 is 0 Å². The number of anilines is 2. The highest BCUT2D eigenvalue weighted by molar-refractivity contribution is 5.94. The van der Waals surface area contributed by atoms with Crippen LogP contribution in [0, 0.1) is 11.3 Å². The Labute approximate surface area is 179 Å². The van der Waals surface area contributed by atoms with E-state index in [2.05, 4.69) is 5.32 Å². The third kappa shape index (κ3) is 5.84. The molecule has 2 aromatic carbocycles. The van der Waals surface area contributed by atoms with E-state index in [1.807, 2.05) is 0 Å². The van der Waals surface area contributed by atoms with E-state index in [1.54, 1.807) is 18.2 Å². The maximum Gasteiger partial charge on any atom is 0.417 e. The van der Waals surface area contributed by atoms with Crippen molar-refractivity contribution in [2.75, 3.05) is 29.9 Å². The summed E-state index contributed by atoms with van der Waals surface area (Å²) in [5, 5.41) is 11.6. The van der Waals surface area contributed by atoms with E-state index in [0.717, 1.165) is 22.6 Å². The Morgan fingerprint density at radius 2 is 1.81 bits per heavy atom. The Balaban J connectivity index is 1.76. The lowest BCUT2D eigenvalue weighted by Crippen LogP contribution is -2.37. The molecular weight excluding hydrogens is 440 g/mol. The molecule has 1 heterocycles. The lowest BCUT2D eigenvalue weighted by molar-refractivity contribution is -0.137. The molecule has 0 aliphatic carbocycles. The molecule has 11 heteroatoms. The van der Waals surface area contributed by atoms with Crippen molar-refractivity contribution in [2.45, 2.75) is 25.2 Å². The van der Waals surface area contributed by atoms with Crippen molar-refractivity contribution >= 4 is 17.3 Å². The van der Waals surface area contributed by atoms with Gasteiger partial charge in [-0.1, -0.05) is 0 Å². The van der Waals surface area contributed by atoms with E-state index in [1.165, 1.54) is 6.07 Å². The van der Waals surface area contributed by atoms with Crippen LogP contribution in [0.5, 0.6) is 5.75 Å². The monoisotopic (exact) mass is 457 g/mol. The predicted molar refractivity (Wildman–Crippen MR) is 103 cm³/mol. The average Bonchev–Trinajstić information content (AvgIpc) is 2.71. The molecule has 32 heavy (non-hydrogen) atoms. The number of halogens is 6. The standard InChI is InChI=1S/C21H17F6N3O2/c22-20(23,24)12-30(15-3-1-14(11-28)17(10-15)21(25,26)27)7-8-32-16-4-5-18-13(9-16)2-6-19(31)29-18/h1,3-5,9-10H,2,6-8,12H2,(H,29,31). The van der Waals surface area contributed by atoms with Crippen LogP contribution in [-0.4, -0.2) is 31.8 Å². The fourth-order valence-corrected chi connectivity index (χ4v) is 3.30. The minimum atomic E-state index is -4.89. The number of carbonyl (C=O) groups excluding carboxylic acids is 1. The number of fused-ring (bicyclic) bond motifs is 1. The number of nitrogens with zero attached hydrogens (tertiary/aromatic N) is 2. The topological polar surface area (TPSA) is 65.4 Å². The number of alkyl halides is 6. The van der Waals surface area contributed by atoms with Crippen LogP contribution in [0.15, 0.2) is 36.4 Å². The summed E-state index contributed by atoms with van der Waals surface area (Å²) in [6.45, 7) is -2.07. The van der Waals surface area contributed by atoms with Gasteiger partial charge in [0.05, 0.1) is 23.7 Å². The quantitative estimate of drug-likeness (QED) is 0.627. The second-order valence-corrected chi connectivity index (χ2v) is 7.09. The maximum absolute atomic E-state index is 13.2. The fourth-order valence-electron chi connectivity index (χ4n) is 3.30. The molecule has 1 N–H and O–H groups in total. The van der Waals surface area contributed by atoms with Gasteiger partial charge in [0.2, 0.25) is 5.91 Å². The summed E-state index contributed by atoms with van der Waals surface area (Å²) >= 11 is 0. The van der Waals surface area contributed by atoms with Crippen molar-refractivity contribution in [3.63, 3.8) is 0 Å². The number of nitriles is 1. The molecule has 0 unspecified atom stereocenters. The first-order valence-corrected chi connectivity index (χ1v) is 9.45. The molecule has 1 aliphatic rings. The average molecular weight is 457 g/mol. The minimum Gasteiger partial charge on any atom is -0.492 e. The molecule has 0 spiro atoms. The van der Waals surface area contributed by atoms with Gasteiger partial charge in [-0.25, -0.2) is 0 Å². The van der Waals surface area contributed by atoms with E-state index < -0.39 is 30.0 Å². The molecule has 0 saturated carbocycles. The van der Waals surface area contributed by atoms with Crippen molar-refractivity contribution in [1.29, 1.82) is 5.26 Å². The number of rotatable bonds is 6. The zero-order chi connectivity index (χ0) is 23.5. The lowest BCUT2D eigenvalue weighted by Gasteiger charge is -2.27. The minimum absolute atomic E-state index is 0.116. The van der Waals surface area contributed by atoms with Gasteiger partial charge in [0.25, 0.3) is 0 Å². The van der Waals surface area contributed by atoms with Crippen LogP contribution < -0.4 is 15.0 Å². The van der Waals surface area contributed by atoms with Crippen molar-refractivity contribution in [3.8, 4) is 11.8 Å². The summed E-state index contributed by atoms with van der Waals surface area (Å²) in [7, 11) is 0. The molecule has 3 rings (SSSR count). The molecule has 5 nitrogen and oxygen atoms in total. The summed E-state index contributed by atoms with van der Waals surface area (Å²) in [4.78, 5) is 12.1. The summed E-state index contributed by atoms with van der Waals surface area (Å²) in [5.41, 5.74) is -0.862. The van der Waals surface area contributed by atoms with Crippen LogP contribution in [0.4, 0.5) is 37.7 Å². The Kier molecular flexibility index (Phi) is 6.52. The SMILES string of the molecule is N#Cc1ccc(N(CCOc2ccc3c(c2)CCC(=O)N3)CC(F)(F)F)cc1C(F)(F)F. The van der Waals surface area contributed by atoms with Crippen LogP contribution in [0.3, 0.4) is 0 Å². The first-order chi connectivity index (χ1) is 15.0. The van der Waals surface area contributed by atoms with E-state index in [9.17, 15) is 31.1 Å². The molecule has 1 aliphatic heterocycles. The second kappa shape index (κ2) is 8.98. The highest BCUT2D eigenvalue weighted by atomic mass is 19.4. The summed E-state index contributed by atoms with van der Waals surface area (Å²) in [6, 6.07) is 8.64. The van der Waals surface area contributed by atoms with Crippen LogP contribution in [0.25, 0.3) is 0 Å². The lowest BCUT2D eigenvalue weighted by atomic mass is 10.0. The van der Waals surface area contributed by atoms with Gasteiger partial charge >= 0.3 is 12.4 Å². The number of amides is 1. The number of aryl methyl sites for hydroxylation is 1. The second-order valence-electron chi connectivity index (χ2n) is 7.09. The van der Waals surface area contributed by atoms with Crippen LogP contribution in [0.2, 0.25) is 0 Å². The molecule has 0 radical (unpaired) electrons. The zero-order valence-corrected chi connectivity index (χ0v) is 16.5. The molecule has 0 bridgehead atoms. The largest absolute Gasteiger partial charge is 0.492 e. The first-order valence-electron chi connectivity index (χ1n) is 9.45. The normalized spacial score (nSPS) is 13.7. The molecule has 1 amide bonds. The molecule has 0 saturated heterocycles. The molecule has 0 fully saturated rings. The van der Waals surface area contributed by atoms with Crippen molar-refractivity contribution in [1.82, 2.24) is 0 Å². The number of hydrogen-bond donors (Lipinski definition) is 1. The smallest absolute Gasteiger partial charge is 0.417 e. The predicted octanol–water partition coefficient (Wildman–Crippen LogP) is 4.91. The van der Waals surface area contributed by atoms with Gasteiger partial charge in [0.1, 0.15) is 18.9 Å². The molecule has 0 atom stereocenters. The van der Waals surface area contributed by atoms with E-state index in [4.69, 9.17) is 10.00 Å². The zero-order valence-electron chi connectivity index (χ0n) is 16.5. The van der Waals surface area contributed by atoms with Crippen LogP contribution in [0.1, 0.15) is 23.1 Å². The summed E-state index contributed by atoms with van der Waals surface area (Å²) in [5.74, 6) is 0.247. The van der Waals surface area contributed by atoms with Crippen LogP contribution in [-0.2, 0) is 17.4 Å². The Morgan fingerprint density at radius 3 is 2.47 bits per heavy atom. The van der Waals surface area contributed by atoms with E-state index in [-0.39, 0.29) is 24.7 Å². The van der Waals surface area contributed by atoms with Crippen molar-refractivity contribution in [3.05, 3.63) is 53.1 Å². The maximum atomic E-state index is 13.2. The fraction of sp³-hybridized carbons (Fsp3) is 0.333. The molecule has 0 aromatic heterocycles. The van der Waals surface area contributed by atoms with Gasteiger partial charge in [-0.15, -0.1) is 0 Å². The molecule has 2 aromatic rings. The first kappa shape index (κ1) is 23.2. The Hall–Kier alpha value is -3.42. The van der Waals surface area contributed by atoms with Gasteiger partial charge < -0.3 is 15.0 Å². The highest BCUT2D eigenvalue weighted by Crippen LogP contribution is 2.35. The number of nitrogens with one attached hydrogen (secondary N) is 1. The molecule has 170 valence electrons. The van der Waals surface area contributed by atoms with Gasteiger partial charge in [0.15, 0.2) is 0 Å². The summed E-state index contributed by atoms with van der Waals surface area (Å²) in [6.07, 6.45) is -8.77. The number of ether oxygens (including phenoxy) is 1. The highest BCUT2D eigenvalue weighted by Gasteiger charge is 2.36. The summed E-state index contributed by atoms with van der Waals surface area (Å²) < 4.78 is 84.3. The molecular formula is C21H17F6N3O2. The van der Waals surface area contributed by atoms with Crippen LogP contribution >= 0.6 is 0 Å². The van der Waals surface area contributed by atoms with Gasteiger partial charge in [-0.05, 0) is 48.4 Å². The number of carbonyl (C=O) groups is 1. The van der Waals surface area contributed by atoms with Crippen molar-refractivity contribution in [2.24, 2.45) is 0 Å². The Morgan fingerprint density at radius 1 is 1.06 bits per heavy atom. The number of hydrogen-bond acceptors (Lipinski definition) is 4. The van der Waals surface area contributed by atoms with Gasteiger partial charge in [0, 0.05) is 17.8 Å². The number of benzene rings is 2. The van der Waals surface area contributed by atoms with Gasteiger partial charge in [-0.2, -0.15) is 31.6 Å². The third-order valence-corrected chi connectivity index (χ3v) is 4.77. The van der Waals surface area contributed by atoms with Gasteiger partial charge in [-0.3, -0.25) is 4.79 Å². The van der Waals surface area contributed by atoms with Crippen molar-refractivity contribution < 1.29 is 35.9 Å². The third-order valence-electron chi connectivity index (χ3n) is 4.77. The van der Waals surface area contributed by atoms with E-state index in [0.29, 0.717) is 30.3 Å². The Bertz CT molecular complexity index is 1040.